The molecule has 0 aromatic heterocycles. The van der Waals surface area contributed by atoms with Crippen LogP contribution in [0.25, 0.3) is 10.4 Å². The van der Waals surface area contributed by atoms with E-state index in [4.69, 9.17) is 12.0 Å². The fourth-order valence-electron chi connectivity index (χ4n) is 0.297. The number of hydrogen-bond acceptors (Lipinski definition) is 1. The van der Waals surface area contributed by atoms with Crippen LogP contribution in [0.2, 0.25) is 0 Å². The highest BCUT2D eigenvalue weighted by molar-refractivity contribution is 4.83. The van der Waals surface area contributed by atoms with E-state index >= 15 is 0 Å². The van der Waals surface area contributed by atoms with Crippen LogP contribution in [0.3, 0.4) is 0 Å². The van der Waals surface area contributed by atoms with Gasteiger partial charge in [0.05, 0.1) is 0 Å². The highest BCUT2D eigenvalue weighted by atomic mass is 15.1. The highest BCUT2D eigenvalue weighted by Crippen LogP contribution is 1.85. The van der Waals surface area contributed by atoms with E-state index in [9.17, 15) is 0 Å². The lowest BCUT2D eigenvalue weighted by molar-refractivity contribution is 0.863. The first-order valence-electron chi connectivity index (χ1n) is 2.36. The largest absolute Gasteiger partial charge is 0.120 e. The van der Waals surface area contributed by atoms with Gasteiger partial charge in [-0.1, -0.05) is 5.11 Å². The number of nitrogens with zero attached hydrogens (tertiary/aromatic N) is 3. The van der Waals surface area contributed by atoms with E-state index in [1.807, 2.05) is 0 Å². The second kappa shape index (κ2) is 5.87. The molecule has 0 N–H and O–H groups in total. The number of terminal acetylenes is 1. The summed E-state index contributed by atoms with van der Waals surface area (Å²) in [7, 11) is 0. The Morgan fingerprint density at radius 1 is 1.75 bits per heavy atom. The molecule has 0 bridgehead atoms. The van der Waals surface area contributed by atoms with Crippen molar-refractivity contribution in [3.05, 3.63) is 10.4 Å². The van der Waals surface area contributed by atoms with Crippen molar-refractivity contribution < 1.29 is 0 Å². The number of hydrogen-bond donors (Lipinski definition) is 0. The third kappa shape index (κ3) is 4.87. The summed E-state index contributed by atoms with van der Waals surface area (Å²) >= 11 is 0. The molecule has 0 aliphatic carbocycles. The molecule has 0 atom stereocenters. The average Bonchev–Trinajstić information content (AvgIpc) is 1.81. The van der Waals surface area contributed by atoms with E-state index < -0.39 is 0 Å². The Morgan fingerprint density at radius 2 is 2.50 bits per heavy atom. The van der Waals surface area contributed by atoms with Gasteiger partial charge in [-0.25, -0.2) is 0 Å². The molecule has 0 aliphatic rings. The van der Waals surface area contributed by atoms with E-state index in [2.05, 4.69) is 15.9 Å². The van der Waals surface area contributed by atoms with Crippen LogP contribution in [-0.4, -0.2) is 6.54 Å². The molecule has 8 heavy (non-hydrogen) atoms. The minimum Gasteiger partial charge on any atom is -0.120 e. The summed E-state index contributed by atoms with van der Waals surface area (Å²) in [6, 6.07) is 0. The van der Waals surface area contributed by atoms with Gasteiger partial charge in [-0.05, 0) is 12.0 Å². The van der Waals surface area contributed by atoms with Crippen LogP contribution in [0.4, 0.5) is 0 Å². The fourth-order valence-corrected chi connectivity index (χ4v) is 0.297. The molecule has 3 nitrogen and oxygen atoms in total. The molecule has 0 aromatic rings. The minimum absolute atomic E-state index is 0.515. The molecule has 0 saturated heterocycles. The van der Waals surface area contributed by atoms with E-state index in [-0.39, 0.29) is 0 Å². The normalized spacial score (nSPS) is 6.88. The first kappa shape index (κ1) is 6.87. The maximum atomic E-state index is 7.77. The second-order valence-corrected chi connectivity index (χ2v) is 1.26. The average molecular weight is 109 g/mol. The van der Waals surface area contributed by atoms with Crippen molar-refractivity contribution in [3.63, 3.8) is 0 Å². The standard InChI is InChI=1S/C5H7N3/c1-2-3-4-5-7-8-6/h1H,3-5H2. The van der Waals surface area contributed by atoms with Gasteiger partial charge >= 0.3 is 0 Å². The summed E-state index contributed by atoms with van der Waals surface area (Å²) in [5, 5.41) is 3.29. The van der Waals surface area contributed by atoms with Crippen LogP contribution in [0.5, 0.6) is 0 Å². The predicted octanol–water partition coefficient (Wildman–Crippen LogP) is 1.71. The molecular formula is C5H7N3. The molecular weight excluding hydrogens is 102 g/mol. The van der Waals surface area contributed by atoms with Crippen molar-refractivity contribution in [2.75, 3.05) is 6.54 Å². The predicted molar refractivity (Wildman–Crippen MR) is 32.1 cm³/mol. The van der Waals surface area contributed by atoms with Gasteiger partial charge in [0.15, 0.2) is 0 Å². The van der Waals surface area contributed by atoms with Crippen molar-refractivity contribution in [3.8, 4) is 12.3 Å². The maximum absolute atomic E-state index is 7.77. The molecule has 0 rings (SSSR count). The van der Waals surface area contributed by atoms with Crippen molar-refractivity contribution in [2.45, 2.75) is 12.8 Å². The summed E-state index contributed by atoms with van der Waals surface area (Å²) in [5.41, 5.74) is 7.77. The topological polar surface area (TPSA) is 48.8 Å². The van der Waals surface area contributed by atoms with Crippen molar-refractivity contribution in [2.24, 2.45) is 5.11 Å². The van der Waals surface area contributed by atoms with Crippen molar-refractivity contribution in [1.82, 2.24) is 0 Å². The monoisotopic (exact) mass is 109 g/mol. The number of azide groups is 1. The van der Waals surface area contributed by atoms with Crippen LogP contribution in [-0.2, 0) is 0 Å². The number of rotatable bonds is 3. The molecule has 0 unspecified atom stereocenters. The molecule has 0 radical (unpaired) electrons. The van der Waals surface area contributed by atoms with Gasteiger partial charge in [-0.2, -0.15) is 0 Å². The Bertz CT molecular complexity index is 127. The Balaban J connectivity index is 2.96. The lowest BCUT2D eigenvalue weighted by Crippen LogP contribution is -1.74. The molecule has 42 valence electrons. The van der Waals surface area contributed by atoms with Crippen LogP contribution >= 0.6 is 0 Å². The van der Waals surface area contributed by atoms with Crippen molar-refractivity contribution in [1.29, 1.82) is 0 Å². The Labute approximate surface area is 48.3 Å². The zero-order valence-electron chi connectivity index (χ0n) is 4.54. The van der Waals surface area contributed by atoms with E-state index in [1.54, 1.807) is 0 Å². The summed E-state index contributed by atoms with van der Waals surface area (Å²) in [5.74, 6) is 2.44. The van der Waals surface area contributed by atoms with E-state index in [0.717, 1.165) is 6.42 Å². The highest BCUT2D eigenvalue weighted by Gasteiger charge is 1.76. The van der Waals surface area contributed by atoms with E-state index in [0.29, 0.717) is 13.0 Å². The molecule has 0 aliphatic heterocycles. The summed E-state index contributed by atoms with van der Waals surface area (Å²) in [4.78, 5) is 2.56. The van der Waals surface area contributed by atoms with Gasteiger partial charge in [-0.15, -0.1) is 12.3 Å². The van der Waals surface area contributed by atoms with E-state index in [1.165, 1.54) is 0 Å². The van der Waals surface area contributed by atoms with Crippen LogP contribution in [0.1, 0.15) is 12.8 Å². The van der Waals surface area contributed by atoms with Gasteiger partial charge in [0, 0.05) is 17.9 Å². The lowest BCUT2D eigenvalue weighted by atomic mass is 10.3. The number of unbranched alkanes of at least 4 members (excludes halogenated alkanes) is 1. The third-order valence-corrected chi connectivity index (χ3v) is 0.642. The molecule has 0 fully saturated rings. The minimum atomic E-state index is 0.515. The smallest absolute Gasteiger partial charge is 0.0266 e. The molecule has 0 aromatic carbocycles. The zero-order chi connectivity index (χ0) is 6.24. The first-order valence-corrected chi connectivity index (χ1v) is 2.36. The van der Waals surface area contributed by atoms with Gasteiger partial charge in [0.2, 0.25) is 0 Å². The summed E-state index contributed by atoms with van der Waals surface area (Å²) < 4.78 is 0. The molecule has 0 heterocycles. The first-order chi connectivity index (χ1) is 3.91. The fraction of sp³-hybridized carbons (Fsp3) is 0.600. The Kier molecular flexibility index (Phi) is 5.04. The summed E-state index contributed by atoms with van der Waals surface area (Å²) in [6.07, 6.45) is 6.41. The van der Waals surface area contributed by atoms with Gasteiger partial charge in [0.25, 0.3) is 0 Å². The second-order valence-electron chi connectivity index (χ2n) is 1.26. The molecule has 0 saturated carbocycles. The SMILES string of the molecule is C#CCCCN=[N+]=[N-]. The lowest BCUT2D eigenvalue weighted by Gasteiger charge is -1.81. The van der Waals surface area contributed by atoms with Gasteiger partial charge in [0.1, 0.15) is 0 Å². The van der Waals surface area contributed by atoms with Crippen LogP contribution in [0.15, 0.2) is 5.11 Å². The van der Waals surface area contributed by atoms with Crippen molar-refractivity contribution >= 4 is 0 Å². The quantitative estimate of drug-likeness (QED) is 0.174. The Hall–Kier alpha value is -1.13. The molecule has 0 amide bonds. The van der Waals surface area contributed by atoms with Gasteiger partial charge < -0.3 is 0 Å². The summed E-state index contributed by atoms with van der Waals surface area (Å²) in [6.45, 7) is 0.515. The molecule has 0 spiro atoms. The maximum Gasteiger partial charge on any atom is 0.0266 e. The Morgan fingerprint density at radius 3 is 3.00 bits per heavy atom. The third-order valence-electron chi connectivity index (χ3n) is 0.642. The molecule has 3 heteroatoms. The zero-order valence-corrected chi connectivity index (χ0v) is 4.54. The van der Waals surface area contributed by atoms with Crippen LogP contribution in [0, 0.1) is 12.3 Å². The van der Waals surface area contributed by atoms with Crippen LogP contribution < -0.4 is 0 Å². The van der Waals surface area contributed by atoms with Gasteiger partial charge in [-0.3, -0.25) is 0 Å².